The average Bonchev–Trinajstić information content (AvgIpc) is 2.77. The van der Waals surface area contributed by atoms with Gasteiger partial charge in [-0.1, -0.05) is 33.3 Å². The zero-order valence-electron chi connectivity index (χ0n) is 9.75. The molecule has 2 aromatic rings. The Morgan fingerprint density at radius 1 is 1.32 bits per heavy atom. The highest BCUT2D eigenvalue weighted by Gasteiger charge is 2.33. The van der Waals surface area contributed by atoms with Crippen molar-refractivity contribution in [3.05, 3.63) is 33.2 Å². The predicted octanol–water partition coefficient (Wildman–Crippen LogP) is 3.71. The molecule has 102 valence electrons. The van der Waals surface area contributed by atoms with Crippen LogP contribution in [0.2, 0.25) is 0 Å². The van der Waals surface area contributed by atoms with Crippen LogP contribution in [0.4, 0.5) is 13.2 Å². The number of aromatic nitrogens is 2. The van der Waals surface area contributed by atoms with Crippen molar-refractivity contribution in [3.8, 4) is 10.6 Å². The lowest BCUT2D eigenvalue weighted by Crippen LogP contribution is -2.06. The van der Waals surface area contributed by atoms with Crippen molar-refractivity contribution in [1.29, 1.82) is 0 Å². The van der Waals surface area contributed by atoms with Gasteiger partial charge in [0.2, 0.25) is 0 Å². The van der Waals surface area contributed by atoms with Crippen molar-refractivity contribution in [2.45, 2.75) is 12.7 Å². The van der Waals surface area contributed by atoms with E-state index < -0.39 is 11.7 Å². The summed E-state index contributed by atoms with van der Waals surface area (Å²) in [4.78, 5) is 0. The molecule has 0 amide bonds. The molecule has 3 nitrogen and oxygen atoms in total. The number of halogens is 4. The molecule has 1 aromatic carbocycles. The summed E-state index contributed by atoms with van der Waals surface area (Å²) in [6.45, 7) is 0.542. The molecule has 0 saturated heterocycles. The minimum atomic E-state index is -4.40. The molecule has 0 aliphatic heterocycles. The fourth-order valence-corrected chi connectivity index (χ4v) is 2.79. The lowest BCUT2D eigenvalue weighted by molar-refractivity contribution is -0.138. The molecule has 0 unspecified atom stereocenters. The first-order valence-corrected chi connectivity index (χ1v) is 6.87. The Balaban J connectivity index is 2.39. The Kier molecular flexibility index (Phi) is 4.22. The third kappa shape index (κ3) is 3.31. The quantitative estimate of drug-likeness (QED) is 0.915. The first-order chi connectivity index (χ1) is 8.91. The summed E-state index contributed by atoms with van der Waals surface area (Å²) in [5.74, 6) is 0. The molecule has 1 N–H and O–H groups in total. The third-order valence-electron chi connectivity index (χ3n) is 2.31. The average molecular weight is 352 g/mol. The summed E-state index contributed by atoms with van der Waals surface area (Å²) in [6.07, 6.45) is -4.40. The highest BCUT2D eigenvalue weighted by molar-refractivity contribution is 9.10. The lowest BCUT2D eigenvalue weighted by Gasteiger charge is -2.09. The molecular weight excluding hydrogens is 343 g/mol. The van der Waals surface area contributed by atoms with E-state index in [2.05, 4.69) is 31.4 Å². The van der Waals surface area contributed by atoms with E-state index in [1.54, 1.807) is 13.1 Å². The number of nitrogens with zero attached hydrogens (tertiary/aromatic N) is 2. The first-order valence-electron chi connectivity index (χ1n) is 5.26. The van der Waals surface area contributed by atoms with Crippen LogP contribution in [0.15, 0.2) is 22.7 Å². The second-order valence-electron chi connectivity index (χ2n) is 3.72. The zero-order chi connectivity index (χ0) is 14.0. The SMILES string of the molecule is CNCc1nnc(-c2ccc(Br)c(C(F)(F)F)c2)s1. The number of hydrogen-bond acceptors (Lipinski definition) is 4. The van der Waals surface area contributed by atoms with Gasteiger partial charge >= 0.3 is 6.18 Å². The molecular formula is C11H9BrF3N3S. The summed E-state index contributed by atoms with van der Waals surface area (Å²) in [5, 5.41) is 11.9. The molecule has 0 spiro atoms. The monoisotopic (exact) mass is 351 g/mol. The lowest BCUT2D eigenvalue weighted by atomic mass is 10.1. The highest BCUT2D eigenvalue weighted by Crippen LogP contribution is 2.37. The third-order valence-corrected chi connectivity index (χ3v) is 3.98. The fraction of sp³-hybridized carbons (Fsp3) is 0.273. The smallest absolute Gasteiger partial charge is 0.313 e. The topological polar surface area (TPSA) is 37.8 Å². The van der Waals surface area contributed by atoms with Crippen LogP contribution in [-0.2, 0) is 12.7 Å². The second-order valence-corrected chi connectivity index (χ2v) is 5.64. The van der Waals surface area contributed by atoms with E-state index in [4.69, 9.17) is 0 Å². The van der Waals surface area contributed by atoms with E-state index in [0.717, 1.165) is 11.1 Å². The van der Waals surface area contributed by atoms with Crippen LogP contribution in [0, 0.1) is 0 Å². The minimum Gasteiger partial charge on any atom is -0.313 e. The maximum absolute atomic E-state index is 12.8. The number of hydrogen-bond donors (Lipinski definition) is 1. The molecule has 0 aliphatic carbocycles. The van der Waals surface area contributed by atoms with Crippen LogP contribution in [0.25, 0.3) is 10.6 Å². The Bertz CT molecular complexity index is 583. The Morgan fingerprint density at radius 3 is 2.68 bits per heavy atom. The van der Waals surface area contributed by atoms with E-state index in [9.17, 15) is 13.2 Å². The van der Waals surface area contributed by atoms with Gasteiger partial charge in [-0.25, -0.2) is 0 Å². The Labute approximate surface area is 120 Å². The molecule has 0 bridgehead atoms. The van der Waals surface area contributed by atoms with Crippen LogP contribution < -0.4 is 5.32 Å². The van der Waals surface area contributed by atoms with Gasteiger partial charge in [-0.3, -0.25) is 0 Å². The van der Waals surface area contributed by atoms with Crippen molar-refractivity contribution in [1.82, 2.24) is 15.5 Å². The normalized spacial score (nSPS) is 11.8. The minimum absolute atomic E-state index is 0.0173. The fourth-order valence-electron chi connectivity index (χ4n) is 1.47. The molecule has 8 heteroatoms. The molecule has 1 heterocycles. The molecule has 0 fully saturated rings. The van der Waals surface area contributed by atoms with E-state index in [1.165, 1.54) is 17.4 Å². The summed E-state index contributed by atoms with van der Waals surface area (Å²) in [6, 6.07) is 4.04. The van der Waals surface area contributed by atoms with Crippen LogP contribution in [-0.4, -0.2) is 17.2 Å². The van der Waals surface area contributed by atoms with Gasteiger partial charge in [0.15, 0.2) is 0 Å². The first kappa shape index (κ1) is 14.4. The second kappa shape index (κ2) is 5.56. The van der Waals surface area contributed by atoms with Crippen molar-refractivity contribution in [3.63, 3.8) is 0 Å². The largest absolute Gasteiger partial charge is 0.417 e. The van der Waals surface area contributed by atoms with Gasteiger partial charge in [0.25, 0.3) is 0 Å². The van der Waals surface area contributed by atoms with Crippen LogP contribution in [0.3, 0.4) is 0 Å². The van der Waals surface area contributed by atoms with E-state index in [1.807, 2.05) is 0 Å². The zero-order valence-corrected chi connectivity index (χ0v) is 12.2. The number of rotatable bonds is 3. The molecule has 1 aromatic heterocycles. The van der Waals surface area contributed by atoms with Gasteiger partial charge in [0.1, 0.15) is 10.0 Å². The number of nitrogens with one attached hydrogen (secondary N) is 1. The highest BCUT2D eigenvalue weighted by atomic mass is 79.9. The Morgan fingerprint density at radius 2 is 2.05 bits per heavy atom. The summed E-state index contributed by atoms with van der Waals surface area (Å²) in [5.41, 5.74) is -0.300. The van der Waals surface area contributed by atoms with Crippen molar-refractivity contribution in [2.24, 2.45) is 0 Å². The van der Waals surface area contributed by atoms with Gasteiger partial charge in [0, 0.05) is 16.6 Å². The maximum Gasteiger partial charge on any atom is 0.417 e. The van der Waals surface area contributed by atoms with Crippen molar-refractivity contribution in [2.75, 3.05) is 7.05 Å². The summed E-state index contributed by atoms with van der Waals surface area (Å²) < 4.78 is 38.4. The summed E-state index contributed by atoms with van der Waals surface area (Å²) in [7, 11) is 1.77. The van der Waals surface area contributed by atoms with Gasteiger partial charge in [-0.15, -0.1) is 10.2 Å². The van der Waals surface area contributed by atoms with Gasteiger partial charge in [-0.05, 0) is 19.2 Å². The summed E-state index contributed by atoms with van der Waals surface area (Å²) >= 11 is 4.17. The van der Waals surface area contributed by atoms with Gasteiger partial charge < -0.3 is 5.32 Å². The molecule has 0 atom stereocenters. The van der Waals surface area contributed by atoms with Crippen molar-refractivity contribution < 1.29 is 13.2 Å². The van der Waals surface area contributed by atoms with Gasteiger partial charge in [0.05, 0.1) is 5.56 Å². The van der Waals surface area contributed by atoms with Crippen LogP contribution in [0.5, 0.6) is 0 Å². The molecule has 2 rings (SSSR count). The van der Waals surface area contributed by atoms with Crippen LogP contribution >= 0.6 is 27.3 Å². The van der Waals surface area contributed by atoms with Crippen LogP contribution in [0.1, 0.15) is 10.6 Å². The number of alkyl halides is 3. The van der Waals surface area contributed by atoms with E-state index in [0.29, 0.717) is 17.1 Å². The Hall–Kier alpha value is -0.990. The van der Waals surface area contributed by atoms with Gasteiger partial charge in [-0.2, -0.15) is 13.2 Å². The standard InChI is InChI=1S/C11H9BrF3N3S/c1-16-5-9-17-18-10(19-9)6-2-3-8(12)7(4-6)11(13,14)15/h2-4,16H,5H2,1H3. The molecule has 0 aliphatic rings. The molecule has 0 saturated carbocycles. The maximum atomic E-state index is 12.8. The molecule has 19 heavy (non-hydrogen) atoms. The van der Waals surface area contributed by atoms with E-state index in [-0.39, 0.29) is 4.47 Å². The van der Waals surface area contributed by atoms with E-state index >= 15 is 0 Å². The predicted molar refractivity (Wildman–Crippen MR) is 70.8 cm³/mol. The number of benzene rings is 1. The molecule has 0 radical (unpaired) electrons. The van der Waals surface area contributed by atoms with Crippen molar-refractivity contribution >= 4 is 27.3 Å².